The van der Waals surface area contributed by atoms with Crippen LogP contribution in [-0.2, 0) is 0 Å². The molecule has 58 valence electrons. The summed E-state index contributed by atoms with van der Waals surface area (Å²) in [4.78, 5) is 0. The Morgan fingerprint density at radius 1 is 1.60 bits per heavy atom. The molecule has 0 saturated carbocycles. The Kier molecular flexibility index (Phi) is 3.46. The van der Waals surface area contributed by atoms with Crippen LogP contribution in [0.25, 0.3) is 0 Å². The molecular formula is C9H16O. The van der Waals surface area contributed by atoms with Crippen LogP contribution in [0.3, 0.4) is 0 Å². The zero-order valence-corrected chi connectivity index (χ0v) is 7.02. The van der Waals surface area contributed by atoms with E-state index < -0.39 is 5.60 Å². The molecule has 0 aliphatic heterocycles. The molecule has 0 aliphatic carbocycles. The molecule has 0 amide bonds. The molecular weight excluding hydrogens is 124 g/mol. The highest BCUT2D eigenvalue weighted by Gasteiger charge is 2.19. The fourth-order valence-electron chi connectivity index (χ4n) is 1.17. The van der Waals surface area contributed by atoms with Gasteiger partial charge < -0.3 is 5.11 Å². The molecule has 0 aromatic rings. The van der Waals surface area contributed by atoms with Crippen LogP contribution >= 0.6 is 0 Å². The summed E-state index contributed by atoms with van der Waals surface area (Å²) in [6.45, 7) is 5.93. The van der Waals surface area contributed by atoms with Gasteiger partial charge in [-0.3, -0.25) is 0 Å². The quantitative estimate of drug-likeness (QED) is 0.593. The number of rotatable bonds is 3. The lowest BCUT2D eigenvalue weighted by molar-refractivity contribution is 0.0436. The second-order valence-electron chi connectivity index (χ2n) is 3.48. The number of terminal acetylenes is 1. The van der Waals surface area contributed by atoms with Gasteiger partial charge in [-0.2, -0.15) is 0 Å². The molecule has 0 rings (SSSR count). The van der Waals surface area contributed by atoms with Gasteiger partial charge >= 0.3 is 0 Å². The minimum Gasteiger partial charge on any atom is -0.389 e. The molecule has 1 N–H and O–H groups in total. The van der Waals surface area contributed by atoms with Gasteiger partial charge in [0.2, 0.25) is 0 Å². The Balaban J connectivity index is 3.77. The normalized spacial score (nSPS) is 16.4. The molecule has 0 aromatic carbocycles. The molecule has 0 saturated heterocycles. The van der Waals surface area contributed by atoms with E-state index >= 15 is 0 Å². The van der Waals surface area contributed by atoms with E-state index in [1.807, 2.05) is 0 Å². The van der Waals surface area contributed by atoms with E-state index in [0.717, 1.165) is 6.42 Å². The molecule has 0 aliphatic rings. The maximum absolute atomic E-state index is 9.54. The van der Waals surface area contributed by atoms with Crippen LogP contribution in [0.1, 0.15) is 33.6 Å². The van der Waals surface area contributed by atoms with Crippen LogP contribution in [0.4, 0.5) is 0 Å². The lowest BCUT2D eigenvalue weighted by Crippen LogP contribution is -2.25. The summed E-state index contributed by atoms with van der Waals surface area (Å²) in [6.07, 6.45) is 6.30. The minimum absolute atomic E-state index is 0.450. The standard InChI is InChI=1S/C9H16O/c1-5-6-9(4,10)7-8(2)3/h1,8,10H,6-7H2,2-4H3. The van der Waals surface area contributed by atoms with E-state index in [2.05, 4.69) is 19.8 Å². The Morgan fingerprint density at radius 3 is 2.40 bits per heavy atom. The maximum Gasteiger partial charge on any atom is 0.0730 e. The highest BCUT2D eigenvalue weighted by molar-refractivity contribution is 4.93. The third-order valence-corrected chi connectivity index (χ3v) is 1.33. The van der Waals surface area contributed by atoms with E-state index in [0.29, 0.717) is 12.3 Å². The van der Waals surface area contributed by atoms with Gasteiger partial charge in [0.25, 0.3) is 0 Å². The van der Waals surface area contributed by atoms with Gasteiger partial charge in [-0.25, -0.2) is 0 Å². The van der Waals surface area contributed by atoms with Crippen molar-refractivity contribution in [3.05, 3.63) is 0 Å². The van der Waals surface area contributed by atoms with E-state index in [9.17, 15) is 5.11 Å². The van der Waals surface area contributed by atoms with Crippen molar-refractivity contribution in [2.45, 2.75) is 39.2 Å². The molecule has 0 radical (unpaired) electrons. The first-order chi connectivity index (χ1) is 4.48. The summed E-state index contributed by atoms with van der Waals surface area (Å²) in [5, 5.41) is 9.54. The second-order valence-corrected chi connectivity index (χ2v) is 3.48. The van der Waals surface area contributed by atoms with Gasteiger partial charge in [-0.15, -0.1) is 12.3 Å². The van der Waals surface area contributed by atoms with Gasteiger partial charge in [-0.05, 0) is 19.3 Å². The third kappa shape index (κ3) is 4.40. The molecule has 0 bridgehead atoms. The molecule has 0 fully saturated rings. The largest absolute Gasteiger partial charge is 0.389 e. The van der Waals surface area contributed by atoms with Crippen molar-refractivity contribution in [2.24, 2.45) is 5.92 Å². The van der Waals surface area contributed by atoms with E-state index in [-0.39, 0.29) is 0 Å². The zero-order valence-electron chi connectivity index (χ0n) is 7.02. The van der Waals surface area contributed by atoms with Crippen molar-refractivity contribution >= 4 is 0 Å². The molecule has 1 unspecified atom stereocenters. The highest BCUT2D eigenvalue weighted by Crippen LogP contribution is 2.18. The van der Waals surface area contributed by atoms with E-state index in [1.54, 1.807) is 6.92 Å². The smallest absolute Gasteiger partial charge is 0.0730 e. The SMILES string of the molecule is C#CCC(C)(O)CC(C)C. The number of hydrogen-bond acceptors (Lipinski definition) is 1. The lowest BCUT2D eigenvalue weighted by Gasteiger charge is -2.22. The van der Waals surface area contributed by atoms with Gasteiger partial charge in [0, 0.05) is 6.42 Å². The Hall–Kier alpha value is -0.480. The average molecular weight is 140 g/mol. The van der Waals surface area contributed by atoms with Crippen LogP contribution in [0, 0.1) is 18.3 Å². The first-order valence-corrected chi connectivity index (χ1v) is 3.64. The predicted octanol–water partition coefficient (Wildman–Crippen LogP) is 1.81. The van der Waals surface area contributed by atoms with Crippen molar-refractivity contribution in [3.8, 4) is 12.3 Å². The van der Waals surface area contributed by atoms with Crippen LogP contribution in [0.5, 0.6) is 0 Å². The van der Waals surface area contributed by atoms with E-state index in [1.165, 1.54) is 0 Å². The predicted molar refractivity (Wildman–Crippen MR) is 43.5 cm³/mol. The Bertz CT molecular complexity index is 128. The summed E-state index contributed by atoms with van der Waals surface area (Å²) >= 11 is 0. The molecule has 0 spiro atoms. The molecule has 1 heteroatoms. The fraction of sp³-hybridized carbons (Fsp3) is 0.778. The monoisotopic (exact) mass is 140 g/mol. The summed E-state index contributed by atoms with van der Waals surface area (Å²) < 4.78 is 0. The van der Waals surface area contributed by atoms with Crippen LogP contribution in [0.2, 0.25) is 0 Å². The first kappa shape index (κ1) is 9.52. The number of hydrogen-bond donors (Lipinski definition) is 1. The highest BCUT2D eigenvalue weighted by atomic mass is 16.3. The summed E-state index contributed by atoms with van der Waals surface area (Å²) in [7, 11) is 0. The van der Waals surface area contributed by atoms with Crippen LogP contribution in [0.15, 0.2) is 0 Å². The molecule has 0 heterocycles. The summed E-state index contributed by atoms with van der Waals surface area (Å²) in [5.41, 5.74) is -0.664. The van der Waals surface area contributed by atoms with E-state index in [4.69, 9.17) is 6.42 Å². The third-order valence-electron chi connectivity index (χ3n) is 1.33. The first-order valence-electron chi connectivity index (χ1n) is 3.64. The van der Waals surface area contributed by atoms with Crippen LogP contribution in [-0.4, -0.2) is 10.7 Å². The van der Waals surface area contributed by atoms with Gasteiger partial charge in [0.1, 0.15) is 0 Å². The topological polar surface area (TPSA) is 20.2 Å². The zero-order chi connectivity index (χ0) is 8.20. The fourth-order valence-corrected chi connectivity index (χ4v) is 1.17. The second kappa shape index (κ2) is 3.63. The summed E-state index contributed by atoms with van der Waals surface area (Å²) in [6, 6.07) is 0. The Labute approximate surface area is 63.5 Å². The Morgan fingerprint density at radius 2 is 2.10 bits per heavy atom. The van der Waals surface area contributed by atoms with Crippen molar-refractivity contribution in [3.63, 3.8) is 0 Å². The molecule has 10 heavy (non-hydrogen) atoms. The van der Waals surface area contributed by atoms with Crippen molar-refractivity contribution in [1.29, 1.82) is 0 Å². The average Bonchev–Trinajstić information content (AvgIpc) is 1.59. The minimum atomic E-state index is -0.664. The molecule has 1 atom stereocenters. The number of aliphatic hydroxyl groups is 1. The van der Waals surface area contributed by atoms with Gasteiger partial charge in [-0.1, -0.05) is 13.8 Å². The van der Waals surface area contributed by atoms with Crippen LogP contribution < -0.4 is 0 Å². The molecule has 0 aromatic heterocycles. The van der Waals surface area contributed by atoms with Gasteiger partial charge in [0.05, 0.1) is 5.60 Å². The van der Waals surface area contributed by atoms with Crippen molar-refractivity contribution < 1.29 is 5.11 Å². The van der Waals surface area contributed by atoms with Crippen molar-refractivity contribution in [1.82, 2.24) is 0 Å². The van der Waals surface area contributed by atoms with Gasteiger partial charge in [0.15, 0.2) is 0 Å². The molecule has 1 nitrogen and oxygen atoms in total. The summed E-state index contributed by atoms with van der Waals surface area (Å²) in [5.74, 6) is 2.97. The lowest BCUT2D eigenvalue weighted by atomic mass is 9.92. The van der Waals surface area contributed by atoms with Crippen molar-refractivity contribution in [2.75, 3.05) is 0 Å². The maximum atomic E-state index is 9.54.